The van der Waals surface area contributed by atoms with Gasteiger partial charge in [-0.1, -0.05) is 31.0 Å². The van der Waals surface area contributed by atoms with E-state index in [0.717, 1.165) is 5.56 Å². The Bertz CT molecular complexity index is 996. The second kappa shape index (κ2) is 7.99. The third kappa shape index (κ3) is 5.19. The highest BCUT2D eigenvalue weighted by Crippen LogP contribution is 2.21. The number of hydrogen-bond donors (Lipinski definition) is 1. The lowest BCUT2D eigenvalue weighted by Crippen LogP contribution is -2.29. The van der Waals surface area contributed by atoms with Crippen LogP contribution in [-0.2, 0) is 16.4 Å². The summed E-state index contributed by atoms with van der Waals surface area (Å²) in [7, 11) is -3.30. The van der Waals surface area contributed by atoms with E-state index >= 15 is 0 Å². The Morgan fingerprint density at radius 1 is 1.24 bits per heavy atom. The minimum atomic E-state index is -3.30. The average molecular weight is 360 g/mol. The van der Waals surface area contributed by atoms with E-state index in [9.17, 15) is 18.0 Å². The molecule has 7 heteroatoms. The van der Waals surface area contributed by atoms with Crippen molar-refractivity contribution in [2.24, 2.45) is 0 Å². The van der Waals surface area contributed by atoms with Crippen LogP contribution in [0.5, 0.6) is 0 Å². The Morgan fingerprint density at radius 2 is 1.96 bits per heavy atom. The van der Waals surface area contributed by atoms with Crippen molar-refractivity contribution in [3.63, 3.8) is 0 Å². The fourth-order valence-electron chi connectivity index (χ4n) is 2.69. The van der Waals surface area contributed by atoms with Gasteiger partial charge < -0.3 is 4.57 Å². The van der Waals surface area contributed by atoms with Crippen LogP contribution in [0.15, 0.2) is 46.1 Å². The summed E-state index contributed by atoms with van der Waals surface area (Å²) in [5.41, 5.74) is 0.520. The second-order valence-corrected chi connectivity index (χ2v) is 8.13. The number of aryl methyl sites for hydroxylation is 1. The van der Waals surface area contributed by atoms with Crippen LogP contribution < -0.4 is 11.2 Å². The Kier molecular flexibility index (Phi) is 5.99. The Labute approximate surface area is 146 Å². The highest BCUT2D eigenvalue weighted by atomic mass is 32.2. The standard InChI is InChI=1S/C18H20N2O4S/c1-3-15-7-4-5-8-16(15)14(2)13-25(23,24)12-6-10-20-11-9-17(21)19-18(20)22/h1,4-5,7-9,11,14H,6,10,12-13H2,2H3,(H,19,21,22)/t14-/m0/s1. The maximum Gasteiger partial charge on any atom is 0.328 e. The largest absolute Gasteiger partial charge is 0.328 e. The smallest absolute Gasteiger partial charge is 0.301 e. The van der Waals surface area contributed by atoms with Gasteiger partial charge in [-0.25, -0.2) is 13.2 Å². The molecule has 0 bridgehead atoms. The van der Waals surface area contributed by atoms with Crippen molar-refractivity contribution in [1.29, 1.82) is 0 Å². The molecule has 0 radical (unpaired) electrons. The molecule has 6 nitrogen and oxygen atoms in total. The molecule has 0 spiro atoms. The van der Waals surface area contributed by atoms with Crippen LogP contribution in [0.25, 0.3) is 0 Å². The third-order valence-electron chi connectivity index (χ3n) is 3.90. The van der Waals surface area contributed by atoms with Gasteiger partial charge in [0, 0.05) is 24.4 Å². The molecule has 0 aliphatic carbocycles. The van der Waals surface area contributed by atoms with Gasteiger partial charge in [0.2, 0.25) is 0 Å². The predicted molar refractivity (Wildman–Crippen MR) is 97.4 cm³/mol. The molecule has 1 N–H and O–H groups in total. The van der Waals surface area contributed by atoms with Gasteiger partial charge in [-0.3, -0.25) is 9.78 Å². The molecule has 0 amide bonds. The highest BCUT2D eigenvalue weighted by Gasteiger charge is 2.18. The lowest BCUT2D eigenvalue weighted by molar-refractivity contribution is 0.576. The molecule has 0 unspecified atom stereocenters. The monoisotopic (exact) mass is 360 g/mol. The number of terminal acetylenes is 1. The number of hydrogen-bond acceptors (Lipinski definition) is 4. The van der Waals surface area contributed by atoms with E-state index in [-0.39, 0.29) is 30.4 Å². The number of sulfone groups is 1. The first-order chi connectivity index (χ1) is 11.8. The topological polar surface area (TPSA) is 89.0 Å². The molecule has 0 saturated heterocycles. The highest BCUT2D eigenvalue weighted by molar-refractivity contribution is 7.91. The van der Waals surface area contributed by atoms with Crippen molar-refractivity contribution in [2.45, 2.75) is 25.8 Å². The molecule has 25 heavy (non-hydrogen) atoms. The van der Waals surface area contributed by atoms with E-state index in [1.165, 1.54) is 16.8 Å². The average Bonchev–Trinajstić information content (AvgIpc) is 2.56. The van der Waals surface area contributed by atoms with E-state index in [1.807, 2.05) is 25.1 Å². The van der Waals surface area contributed by atoms with Gasteiger partial charge >= 0.3 is 5.69 Å². The predicted octanol–water partition coefficient (Wildman–Crippen LogP) is 1.13. The molecule has 0 aliphatic heterocycles. The molecule has 2 rings (SSSR count). The van der Waals surface area contributed by atoms with Crippen molar-refractivity contribution in [3.05, 3.63) is 68.5 Å². The minimum absolute atomic E-state index is 0.00772. The van der Waals surface area contributed by atoms with Crippen molar-refractivity contribution in [2.75, 3.05) is 11.5 Å². The van der Waals surface area contributed by atoms with E-state index in [4.69, 9.17) is 6.42 Å². The van der Waals surface area contributed by atoms with E-state index < -0.39 is 21.1 Å². The molecular formula is C18H20N2O4S. The lowest BCUT2D eigenvalue weighted by Gasteiger charge is -2.14. The molecule has 1 aromatic heterocycles. The maximum absolute atomic E-state index is 12.3. The van der Waals surface area contributed by atoms with Crippen LogP contribution in [-0.4, -0.2) is 29.5 Å². The Balaban J connectivity index is 1.99. The molecule has 1 atom stereocenters. The van der Waals surface area contributed by atoms with Gasteiger partial charge in [-0.15, -0.1) is 6.42 Å². The van der Waals surface area contributed by atoms with Gasteiger partial charge in [-0.05, 0) is 24.0 Å². The first-order valence-corrected chi connectivity index (χ1v) is 9.70. The molecule has 0 fully saturated rings. The molecule has 132 valence electrons. The zero-order valence-electron chi connectivity index (χ0n) is 13.9. The van der Waals surface area contributed by atoms with Crippen molar-refractivity contribution in [3.8, 4) is 12.3 Å². The number of nitrogens with zero attached hydrogens (tertiary/aromatic N) is 1. The first-order valence-electron chi connectivity index (χ1n) is 7.88. The van der Waals surface area contributed by atoms with Gasteiger partial charge in [0.1, 0.15) is 0 Å². The summed E-state index contributed by atoms with van der Waals surface area (Å²) < 4.78 is 26.0. The fraction of sp³-hybridized carbons (Fsp3) is 0.333. The van der Waals surface area contributed by atoms with E-state index in [0.29, 0.717) is 5.56 Å². The van der Waals surface area contributed by atoms with Crippen LogP contribution in [0, 0.1) is 12.3 Å². The Hall–Kier alpha value is -2.59. The van der Waals surface area contributed by atoms with Gasteiger partial charge in [0.25, 0.3) is 5.56 Å². The molecule has 0 saturated carbocycles. The van der Waals surface area contributed by atoms with Gasteiger partial charge in [-0.2, -0.15) is 0 Å². The van der Waals surface area contributed by atoms with E-state index in [1.54, 1.807) is 6.07 Å². The lowest BCUT2D eigenvalue weighted by atomic mass is 9.98. The van der Waals surface area contributed by atoms with Gasteiger partial charge in [0.05, 0.1) is 11.5 Å². The van der Waals surface area contributed by atoms with Crippen LogP contribution in [0.3, 0.4) is 0 Å². The zero-order chi connectivity index (χ0) is 18.4. The summed E-state index contributed by atoms with van der Waals surface area (Å²) in [5, 5.41) is 0. The second-order valence-electron chi connectivity index (χ2n) is 5.90. The molecule has 0 aliphatic rings. The zero-order valence-corrected chi connectivity index (χ0v) is 14.8. The first kappa shape index (κ1) is 18.7. The summed E-state index contributed by atoms with van der Waals surface area (Å²) >= 11 is 0. The number of benzene rings is 1. The summed E-state index contributed by atoms with van der Waals surface area (Å²) in [4.78, 5) is 24.7. The number of rotatable bonds is 7. The number of aromatic nitrogens is 2. The molecular weight excluding hydrogens is 340 g/mol. The van der Waals surface area contributed by atoms with Crippen LogP contribution in [0.4, 0.5) is 0 Å². The molecule has 1 aromatic carbocycles. The van der Waals surface area contributed by atoms with Crippen LogP contribution in [0.2, 0.25) is 0 Å². The minimum Gasteiger partial charge on any atom is -0.301 e. The third-order valence-corrected chi connectivity index (χ3v) is 5.82. The number of nitrogens with one attached hydrogen (secondary N) is 1. The van der Waals surface area contributed by atoms with Crippen molar-refractivity contribution >= 4 is 9.84 Å². The number of H-pyrrole nitrogens is 1. The van der Waals surface area contributed by atoms with Crippen LogP contribution >= 0.6 is 0 Å². The summed E-state index contributed by atoms with van der Waals surface area (Å²) in [6.45, 7) is 2.06. The number of aromatic amines is 1. The van der Waals surface area contributed by atoms with E-state index in [2.05, 4.69) is 10.9 Å². The summed E-state index contributed by atoms with van der Waals surface area (Å²) in [5.74, 6) is 2.31. The summed E-state index contributed by atoms with van der Waals surface area (Å²) in [6.07, 6.45) is 7.11. The molecule has 1 heterocycles. The normalized spacial score (nSPS) is 12.5. The van der Waals surface area contributed by atoms with Crippen molar-refractivity contribution in [1.82, 2.24) is 9.55 Å². The quantitative estimate of drug-likeness (QED) is 0.750. The SMILES string of the molecule is C#Cc1ccccc1[C@@H](C)CS(=O)(=O)CCCn1ccc(=O)[nH]c1=O. The Morgan fingerprint density at radius 3 is 2.64 bits per heavy atom. The fourth-order valence-corrected chi connectivity index (χ4v) is 4.36. The van der Waals surface area contributed by atoms with Crippen molar-refractivity contribution < 1.29 is 8.42 Å². The molecule has 2 aromatic rings. The van der Waals surface area contributed by atoms with Gasteiger partial charge in [0.15, 0.2) is 9.84 Å². The maximum atomic E-state index is 12.3. The summed E-state index contributed by atoms with van der Waals surface area (Å²) in [6, 6.07) is 8.52. The van der Waals surface area contributed by atoms with Crippen LogP contribution in [0.1, 0.15) is 30.4 Å².